The molecule has 2 rings (SSSR count). The fourth-order valence-corrected chi connectivity index (χ4v) is 3.48. The minimum Gasteiger partial charge on any atom is -0.326 e. The van der Waals surface area contributed by atoms with Gasteiger partial charge in [0.2, 0.25) is 5.91 Å². The molecular formula is C18H19ClN2O4S. The van der Waals surface area contributed by atoms with Gasteiger partial charge >= 0.3 is 0 Å². The van der Waals surface area contributed by atoms with E-state index < -0.39 is 15.7 Å². The molecule has 26 heavy (non-hydrogen) atoms. The molecule has 8 heteroatoms. The lowest BCUT2D eigenvalue weighted by molar-refractivity contribution is -0.115. The van der Waals surface area contributed by atoms with E-state index in [1.807, 2.05) is 0 Å². The standard InChI is InChI=1S/C18H19ClN2O4S/c1-3-17(22)20-12-9-10-14(19)15(11-12)21-18(23)13-7-5-6-8-16(13)26(24,25)4-2/h5-11H,3-4H2,1-2H3,(H,20,22)(H,21,23). The molecule has 0 unspecified atom stereocenters. The number of anilines is 2. The molecule has 0 spiro atoms. The Morgan fingerprint density at radius 2 is 1.73 bits per heavy atom. The molecule has 2 aromatic rings. The van der Waals surface area contributed by atoms with Crippen LogP contribution in [0.15, 0.2) is 47.4 Å². The van der Waals surface area contributed by atoms with Gasteiger partial charge in [-0.05, 0) is 30.3 Å². The van der Waals surface area contributed by atoms with E-state index in [1.165, 1.54) is 31.2 Å². The molecule has 0 atom stereocenters. The smallest absolute Gasteiger partial charge is 0.257 e. The van der Waals surface area contributed by atoms with Crippen molar-refractivity contribution in [2.24, 2.45) is 0 Å². The average molecular weight is 395 g/mol. The van der Waals surface area contributed by atoms with E-state index >= 15 is 0 Å². The second-order valence-corrected chi connectivity index (χ2v) is 8.10. The van der Waals surface area contributed by atoms with Crippen LogP contribution in [0.5, 0.6) is 0 Å². The second-order valence-electron chi connectivity index (χ2n) is 5.45. The van der Waals surface area contributed by atoms with Crippen molar-refractivity contribution in [1.29, 1.82) is 0 Å². The van der Waals surface area contributed by atoms with Gasteiger partial charge in [0.25, 0.3) is 5.91 Å². The van der Waals surface area contributed by atoms with Crippen molar-refractivity contribution < 1.29 is 18.0 Å². The second kappa shape index (κ2) is 8.33. The Bertz CT molecular complexity index is 942. The maximum absolute atomic E-state index is 12.6. The highest BCUT2D eigenvalue weighted by molar-refractivity contribution is 7.91. The van der Waals surface area contributed by atoms with E-state index in [9.17, 15) is 18.0 Å². The normalized spacial score (nSPS) is 11.0. The first-order chi connectivity index (χ1) is 12.3. The molecule has 2 amide bonds. The summed E-state index contributed by atoms with van der Waals surface area (Å²) in [5.41, 5.74) is 0.786. The number of rotatable bonds is 6. The molecule has 0 aliphatic carbocycles. The number of hydrogen-bond acceptors (Lipinski definition) is 4. The van der Waals surface area contributed by atoms with E-state index in [0.29, 0.717) is 12.1 Å². The molecule has 0 fully saturated rings. The van der Waals surface area contributed by atoms with Crippen LogP contribution in [0.2, 0.25) is 5.02 Å². The van der Waals surface area contributed by atoms with Crippen molar-refractivity contribution >= 4 is 44.6 Å². The third-order valence-corrected chi connectivity index (χ3v) is 5.78. The van der Waals surface area contributed by atoms with Gasteiger partial charge in [0, 0.05) is 12.1 Å². The number of benzene rings is 2. The van der Waals surface area contributed by atoms with Gasteiger partial charge < -0.3 is 10.6 Å². The van der Waals surface area contributed by atoms with Crippen molar-refractivity contribution in [3.8, 4) is 0 Å². The summed E-state index contributed by atoms with van der Waals surface area (Å²) in [6.45, 7) is 3.24. The zero-order chi connectivity index (χ0) is 19.3. The van der Waals surface area contributed by atoms with Crippen LogP contribution in [0, 0.1) is 0 Å². The largest absolute Gasteiger partial charge is 0.326 e. The number of halogens is 1. The Labute approximate surface area is 157 Å². The number of carbonyl (C=O) groups is 2. The van der Waals surface area contributed by atoms with Crippen LogP contribution in [-0.2, 0) is 14.6 Å². The average Bonchev–Trinajstić information content (AvgIpc) is 2.64. The van der Waals surface area contributed by atoms with Gasteiger partial charge in [0.15, 0.2) is 9.84 Å². The molecule has 138 valence electrons. The van der Waals surface area contributed by atoms with Gasteiger partial charge in [-0.1, -0.05) is 37.6 Å². The zero-order valence-electron chi connectivity index (χ0n) is 14.4. The van der Waals surface area contributed by atoms with Crippen molar-refractivity contribution in [2.75, 3.05) is 16.4 Å². The van der Waals surface area contributed by atoms with Gasteiger partial charge in [-0.25, -0.2) is 8.42 Å². The van der Waals surface area contributed by atoms with Gasteiger partial charge in [-0.3, -0.25) is 9.59 Å². The number of hydrogen-bond donors (Lipinski definition) is 2. The van der Waals surface area contributed by atoms with E-state index in [0.717, 1.165) is 0 Å². The minimum absolute atomic E-state index is 0.0356. The first kappa shape index (κ1) is 19.9. The molecule has 0 aliphatic heterocycles. The summed E-state index contributed by atoms with van der Waals surface area (Å²) in [7, 11) is -3.55. The molecular weight excluding hydrogens is 376 g/mol. The van der Waals surface area contributed by atoms with Crippen LogP contribution in [0.1, 0.15) is 30.6 Å². The van der Waals surface area contributed by atoms with E-state index in [2.05, 4.69) is 10.6 Å². The summed E-state index contributed by atoms with van der Waals surface area (Å²) >= 11 is 6.11. The molecule has 0 radical (unpaired) electrons. The molecule has 0 aliphatic rings. The van der Waals surface area contributed by atoms with Crippen molar-refractivity contribution in [3.05, 3.63) is 53.1 Å². The van der Waals surface area contributed by atoms with Crippen LogP contribution in [0.4, 0.5) is 11.4 Å². The third-order valence-electron chi connectivity index (χ3n) is 3.67. The number of sulfone groups is 1. The summed E-state index contributed by atoms with van der Waals surface area (Å²) in [6.07, 6.45) is 0.312. The topological polar surface area (TPSA) is 92.3 Å². The van der Waals surface area contributed by atoms with Gasteiger partial charge in [0.05, 0.1) is 26.9 Å². The Kier molecular flexibility index (Phi) is 6.39. The van der Waals surface area contributed by atoms with Crippen LogP contribution < -0.4 is 10.6 Å². The van der Waals surface area contributed by atoms with Crippen LogP contribution in [0.3, 0.4) is 0 Å². The van der Waals surface area contributed by atoms with Crippen LogP contribution in [-0.4, -0.2) is 26.0 Å². The fourth-order valence-electron chi connectivity index (χ4n) is 2.22. The summed E-state index contributed by atoms with van der Waals surface area (Å²) in [5, 5.41) is 5.55. The molecule has 0 bridgehead atoms. The molecule has 2 aromatic carbocycles. The minimum atomic E-state index is -3.55. The Balaban J connectivity index is 2.34. The summed E-state index contributed by atoms with van der Waals surface area (Å²) in [6, 6.07) is 10.7. The zero-order valence-corrected chi connectivity index (χ0v) is 15.9. The molecule has 6 nitrogen and oxygen atoms in total. The molecule has 0 saturated heterocycles. The van der Waals surface area contributed by atoms with Gasteiger partial charge in [-0.15, -0.1) is 0 Å². The van der Waals surface area contributed by atoms with E-state index in [4.69, 9.17) is 11.6 Å². The number of amides is 2. The van der Waals surface area contributed by atoms with Crippen molar-refractivity contribution in [1.82, 2.24) is 0 Å². The predicted molar refractivity (Wildman–Crippen MR) is 102 cm³/mol. The highest BCUT2D eigenvalue weighted by atomic mass is 35.5. The third kappa shape index (κ3) is 4.62. The maximum atomic E-state index is 12.6. The number of carbonyl (C=O) groups excluding carboxylic acids is 2. The lowest BCUT2D eigenvalue weighted by Crippen LogP contribution is -2.17. The Hall–Kier alpha value is -2.38. The van der Waals surface area contributed by atoms with E-state index in [1.54, 1.807) is 25.1 Å². The fraction of sp³-hybridized carbons (Fsp3) is 0.222. The first-order valence-corrected chi connectivity index (χ1v) is 10.0. The summed E-state index contributed by atoms with van der Waals surface area (Å²) in [4.78, 5) is 24.1. The monoisotopic (exact) mass is 394 g/mol. The molecule has 2 N–H and O–H groups in total. The molecule has 0 heterocycles. The lowest BCUT2D eigenvalue weighted by atomic mass is 10.2. The van der Waals surface area contributed by atoms with Gasteiger partial charge in [0.1, 0.15) is 0 Å². The summed E-state index contributed by atoms with van der Waals surface area (Å²) in [5.74, 6) is -0.890. The highest BCUT2D eigenvalue weighted by Crippen LogP contribution is 2.27. The maximum Gasteiger partial charge on any atom is 0.257 e. The van der Waals surface area contributed by atoms with Crippen molar-refractivity contribution in [3.63, 3.8) is 0 Å². The van der Waals surface area contributed by atoms with Gasteiger partial charge in [-0.2, -0.15) is 0 Å². The predicted octanol–water partition coefficient (Wildman–Crippen LogP) is 3.73. The molecule has 0 saturated carbocycles. The van der Waals surface area contributed by atoms with Crippen LogP contribution >= 0.6 is 11.6 Å². The number of nitrogens with one attached hydrogen (secondary N) is 2. The van der Waals surface area contributed by atoms with Crippen LogP contribution in [0.25, 0.3) is 0 Å². The quantitative estimate of drug-likeness (QED) is 0.780. The first-order valence-electron chi connectivity index (χ1n) is 8.01. The molecule has 0 aromatic heterocycles. The van der Waals surface area contributed by atoms with E-state index in [-0.39, 0.29) is 32.8 Å². The van der Waals surface area contributed by atoms with Crippen molar-refractivity contribution in [2.45, 2.75) is 25.2 Å². The Morgan fingerprint density at radius 1 is 1.04 bits per heavy atom. The summed E-state index contributed by atoms with van der Waals surface area (Å²) < 4.78 is 24.4. The Morgan fingerprint density at radius 3 is 2.38 bits per heavy atom. The highest BCUT2D eigenvalue weighted by Gasteiger charge is 2.21. The lowest BCUT2D eigenvalue weighted by Gasteiger charge is -2.12. The SMILES string of the molecule is CCC(=O)Nc1ccc(Cl)c(NC(=O)c2ccccc2S(=O)(=O)CC)c1.